The van der Waals surface area contributed by atoms with Crippen molar-refractivity contribution < 1.29 is 23.9 Å². The van der Waals surface area contributed by atoms with Gasteiger partial charge in [0.1, 0.15) is 5.00 Å². The molecule has 3 N–H and O–H groups in total. The van der Waals surface area contributed by atoms with E-state index in [1.165, 1.54) is 31.4 Å². The molecule has 160 valence electrons. The van der Waals surface area contributed by atoms with Crippen molar-refractivity contribution in [3.05, 3.63) is 45.8 Å². The van der Waals surface area contributed by atoms with Crippen molar-refractivity contribution in [2.45, 2.75) is 51.6 Å². The maximum Gasteiger partial charge on any atom is 0.341 e. The minimum absolute atomic E-state index is 0.268. The van der Waals surface area contributed by atoms with E-state index >= 15 is 0 Å². The number of aryl methyl sites for hydroxylation is 1. The van der Waals surface area contributed by atoms with Crippen LogP contribution in [0.5, 0.6) is 0 Å². The Labute approximate surface area is 179 Å². The van der Waals surface area contributed by atoms with Crippen molar-refractivity contribution in [2.75, 3.05) is 18.2 Å². The monoisotopic (exact) mass is 430 g/mol. The largest absolute Gasteiger partial charge is 0.465 e. The molecule has 1 aromatic carbocycles. The van der Waals surface area contributed by atoms with Gasteiger partial charge in [-0.1, -0.05) is 18.9 Å². The van der Waals surface area contributed by atoms with Gasteiger partial charge in [-0.25, -0.2) is 9.59 Å². The second-order valence-electron chi connectivity index (χ2n) is 7.28. The van der Waals surface area contributed by atoms with E-state index < -0.39 is 23.9 Å². The second kappa shape index (κ2) is 9.75. The summed E-state index contributed by atoms with van der Waals surface area (Å²) in [5, 5.41) is 3.22. The Morgan fingerprint density at radius 2 is 1.83 bits per heavy atom. The van der Waals surface area contributed by atoms with Gasteiger partial charge in [-0.05, 0) is 56.4 Å². The van der Waals surface area contributed by atoms with Crippen LogP contribution < -0.4 is 11.1 Å². The first-order chi connectivity index (χ1) is 14.4. The summed E-state index contributed by atoms with van der Waals surface area (Å²) in [5.74, 6) is -1.61. The van der Waals surface area contributed by atoms with Gasteiger partial charge in [0.15, 0.2) is 6.10 Å². The number of benzene rings is 1. The smallest absolute Gasteiger partial charge is 0.341 e. The highest BCUT2D eigenvalue weighted by Crippen LogP contribution is 2.37. The Morgan fingerprint density at radius 3 is 2.53 bits per heavy atom. The second-order valence-corrected chi connectivity index (χ2v) is 8.38. The number of anilines is 2. The molecule has 0 bridgehead atoms. The molecule has 1 aliphatic carbocycles. The quantitative estimate of drug-likeness (QED) is 0.549. The number of nitrogen functional groups attached to an aromatic ring is 1. The normalized spacial score (nSPS) is 14.6. The molecule has 0 aliphatic heterocycles. The molecule has 1 heterocycles. The molecule has 1 unspecified atom stereocenters. The predicted molar refractivity (Wildman–Crippen MR) is 116 cm³/mol. The molecule has 1 amide bonds. The maximum absolute atomic E-state index is 12.7. The molecular weight excluding hydrogens is 404 g/mol. The molecule has 30 heavy (non-hydrogen) atoms. The molecule has 0 saturated heterocycles. The Hall–Kier alpha value is -2.87. The third kappa shape index (κ3) is 4.99. The van der Waals surface area contributed by atoms with Crippen molar-refractivity contribution in [3.8, 4) is 0 Å². The van der Waals surface area contributed by atoms with Crippen molar-refractivity contribution in [2.24, 2.45) is 0 Å². The van der Waals surface area contributed by atoms with E-state index in [0.717, 1.165) is 49.0 Å². The Balaban J connectivity index is 1.77. The van der Waals surface area contributed by atoms with E-state index in [0.29, 0.717) is 16.3 Å². The molecular formula is C22H26N2O5S. The number of carbonyl (C=O) groups is 3. The first-order valence-corrected chi connectivity index (χ1v) is 10.8. The van der Waals surface area contributed by atoms with Gasteiger partial charge >= 0.3 is 11.9 Å². The number of nitrogens with two attached hydrogens (primary N) is 1. The standard InChI is InChI=1S/C22H26N2O5S/c1-13(29-21(26)14-8-7-9-15(23)12-14)19(25)24-20-18(22(27)28-2)16-10-5-3-4-6-11-17(16)30-20/h7-9,12-13H,3-6,10-11,23H2,1-2H3,(H,24,25). The molecule has 0 fully saturated rings. The zero-order valence-corrected chi connectivity index (χ0v) is 18.0. The van der Waals surface area contributed by atoms with Gasteiger partial charge in [-0.3, -0.25) is 4.79 Å². The van der Waals surface area contributed by atoms with Gasteiger partial charge in [-0.2, -0.15) is 0 Å². The number of thiophene rings is 1. The van der Waals surface area contributed by atoms with Gasteiger partial charge in [0, 0.05) is 10.6 Å². The molecule has 0 spiro atoms. The lowest BCUT2D eigenvalue weighted by atomic mass is 9.96. The molecule has 7 nitrogen and oxygen atoms in total. The van der Waals surface area contributed by atoms with E-state index in [4.69, 9.17) is 15.2 Å². The summed E-state index contributed by atoms with van der Waals surface area (Å²) < 4.78 is 10.2. The first-order valence-electron chi connectivity index (χ1n) is 10.0. The SMILES string of the molecule is COC(=O)c1c(NC(=O)C(C)OC(=O)c2cccc(N)c2)sc2c1CCCCCC2. The van der Waals surface area contributed by atoms with Crippen molar-refractivity contribution in [1.82, 2.24) is 0 Å². The third-order valence-electron chi connectivity index (χ3n) is 5.07. The average molecular weight is 431 g/mol. The number of ether oxygens (including phenoxy) is 2. The number of hydrogen-bond donors (Lipinski definition) is 2. The van der Waals surface area contributed by atoms with Crippen molar-refractivity contribution in [3.63, 3.8) is 0 Å². The molecule has 0 radical (unpaired) electrons. The van der Waals surface area contributed by atoms with Crippen LogP contribution in [0.4, 0.5) is 10.7 Å². The number of rotatable bonds is 5. The molecule has 1 atom stereocenters. The highest BCUT2D eigenvalue weighted by Gasteiger charge is 2.28. The first kappa shape index (κ1) is 21.8. The summed E-state index contributed by atoms with van der Waals surface area (Å²) in [6.45, 7) is 1.49. The zero-order valence-electron chi connectivity index (χ0n) is 17.2. The Morgan fingerprint density at radius 1 is 1.10 bits per heavy atom. The van der Waals surface area contributed by atoms with E-state index in [2.05, 4.69) is 5.32 Å². The fourth-order valence-electron chi connectivity index (χ4n) is 3.49. The van der Waals surface area contributed by atoms with E-state index in [9.17, 15) is 14.4 Å². The lowest BCUT2D eigenvalue weighted by Crippen LogP contribution is -2.30. The summed E-state index contributed by atoms with van der Waals surface area (Å²) in [6, 6.07) is 6.35. The van der Waals surface area contributed by atoms with E-state index in [1.807, 2.05) is 0 Å². The van der Waals surface area contributed by atoms with Gasteiger partial charge in [0.25, 0.3) is 5.91 Å². The van der Waals surface area contributed by atoms with Crippen LogP contribution in [0.15, 0.2) is 24.3 Å². The number of nitrogens with one attached hydrogen (secondary N) is 1. The molecule has 8 heteroatoms. The summed E-state index contributed by atoms with van der Waals surface area (Å²) in [7, 11) is 1.33. The van der Waals surface area contributed by atoms with Gasteiger partial charge in [0.05, 0.1) is 18.2 Å². The number of fused-ring (bicyclic) bond motifs is 1. The number of carbonyl (C=O) groups excluding carboxylic acids is 3. The third-order valence-corrected chi connectivity index (χ3v) is 6.28. The lowest BCUT2D eigenvalue weighted by Gasteiger charge is -2.14. The van der Waals surface area contributed by atoms with Crippen molar-refractivity contribution >= 4 is 39.9 Å². The minimum Gasteiger partial charge on any atom is -0.465 e. The number of hydrogen-bond acceptors (Lipinski definition) is 7. The van der Waals surface area contributed by atoms with Gasteiger partial charge in [-0.15, -0.1) is 11.3 Å². The zero-order chi connectivity index (χ0) is 21.7. The number of esters is 2. The summed E-state index contributed by atoms with van der Waals surface area (Å²) >= 11 is 1.40. The minimum atomic E-state index is -1.05. The van der Waals surface area contributed by atoms with Crippen LogP contribution in [-0.2, 0) is 27.1 Å². The molecule has 3 rings (SSSR count). The van der Waals surface area contributed by atoms with Crippen LogP contribution in [0.2, 0.25) is 0 Å². The predicted octanol–water partition coefficient (Wildman–Crippen LogP) is 3.96. The topological polar surface area (TPSA) is 108 Å². The summed E-state index contributed by atoms with van der Waals surface area (Å²) in [4.78, 5) is 38.5. The highest BCUT2D eigenvalue weighted by molar-refractivity contribution is 7.17. The Bertz CT molecular complexity index is 953. The van der Waals surface area contributed by atoms with Crippen LogP contribution in [0.25, 0.3) is 0 Å². The molecule has 1 aliphatic rings. The molecule has 1 aromatic heterocycles. The van der Waals surface area contributed by atoms with Crippen LogP contribution in [0.1, 0.15) is 63.8 Å². The fourth-order valence-corrected chi connectivity index (χ4v) is 4.77. The van der Waals surface area contributed by atoms with Crippen LogP contribution in [0, 0.1) is 0 Å². The van der Waals surface area contributed by atoms with E-state index in [-0.39, 0.29) is 5.56 Å². The fraction of sp³-hybridized carbons (Fsp3) is 0.409. The molecule has 0 saturated carbocycles. The van der Waals surface area contributed by atoms with Crippen LogP contribution >= 0.6 is 11.3 Å². The van der Waals surface area contributed by atoms with Crippen molar-refractivity contribution in [1.29, 1.82) is 0 Å². The number of amides is 1. The van der Waals surface area contributed by atoms with Gasteiger partial charge < -0.3 is 20.5 Å². The Kier molecular flexibility index (Phi) is 7.10. The average Bonchev–Trinajstić information content (AvgIpc) is 3.03. The maximum atomic E-state index is 12.7. The highest BCUT2D eigenvalue weighted by atomic mass is 32.1. The summed E-state index contributed by atoms with van der Waals surface area (Å²) in [6.07, 6.45) is 4.93. The lowest BCUT2D eigenvalue weighted by molar-refractivity contribution is -0.123. The van der Waals surface area contributed by atoms with Gasteiger partial charge in [0.2, 0.25) is 0 Å². The number of methoxy groups -OCH3 is 1. The molecule has 2 aromatic rings. The summed E-state index contributed by atoms with van der Waals surface area (Å²) in [5.41, 5.74) is 7.77. The van der Waals surface area contributed by atoms with Crippen LogP contribution in [0.3, 0.4) is 0 Å². The van der Waals surface area contributed by atoms with E-state index in [1.54, 1.807) is 18.2 Å². The van der Waals surface area contributed by atoms with Crippen LogP contribution in [-0.4, -0.2) is 31.1 Å².